The summed E-state index contributed by atoms with van der Waals surface area (Å²) in [5.41, 5.74) is 0.243. The molecule has 24 heavy (non-hydrogen) atoms. The maximum absolute atomic E-state index is 14.4. The Labute approximate surface area is 139 Å². The van der Waals surface area contributed by atoms with Crippen molar-refractivity contribution >= 4 is 22.7 Å². The molecule has 0 unspecified atom stereocenters. The number of aromatic nitrogens is 1. The number of ether oxygens (including phenoxy) is 1. The van der Waals surface area contributed by atoms with Gasteiger partial charge < -0.3 is 9.30 Å². The minimum Gasteiger partial charge on any atom is -0.462 e. The normalized spacial score (nSPS) is 10.9. The molecule has 0 aliphatic rings. The molecular weight excluding hydrogens is 313 g/mol. The van der Waals surface area contributed by atoms with E-state index in [0.717, 1.165) is 6.07 Å². The van der Waals surface area contributed by atoms with E-state index in [-0.39, 0.29) is 23.1 Å². The number of aryl methyl sites for hydroxylation is 2. The predicted octanol–water partition coefficient (Wildman–Crippen LogP) is 3.10. The van der Waals surface area contributed by atoms with Gasteiger partial charge in [0, 0.05) is 18.1 Å². The van der Waals surface area contributed by atoms with Crippen LogP contribution >= 0.6 is 0 Å². The SMILES string of the molecule is CCOC(=O)c1cn(CC)c2c(CC)c(C(C)=O)c(F)cc2c1=O. The largest absolute Gasteiger partial charge is 0.462 e. The lowest BCUT2D eigenvalue weighted by Crippen LogP contribution is -2.22. The fourth-order valence-corrected chi connectivity index (χ4v) is 2.95. The molecule has 0 N–H and O–H groups in total. The van der Waals surface area contributed by atoms with E-state index in [4.69, 9.17) is 4.74 Å². The summed E-state index contributed by atoms with van der Waals surface area (Å²) in [4.78, 5) is 36.5. The molecule has 5 nitrogen and oxygen atoms in total. The van der Waals surface area contributed by atoms with Crippen LogP contribution in [0.25, 0.3) is 10.9 Å². The van der Waals surface area contributed by atoms with E-state index in [2.05, 4.69) is 0 Å². The number of carbonyl (C=O) groups is 2. The summed E-state index contributed by atoms with van der Waals surface area (Å²) < 4.78 is 21.0. The Morgan fingerprint density at radius 3 is 2.42 bits per heavy atom. The van der Waals surface area contributed by atoms with Crippen molar-refractivity contribution in [2.75, 3.05) is 6.61 Å². The highest BCUT2D eigenvalue weighted by atomic mass is 19.1. The Balaban J connectivity index is 2.99. The van der Waals surface area contributed by atoms with Crippen LogP contribution in [-0.4, -0.2) is 22.9 Å². The van der Waals surface area contributed by atoms with Gasteiger partial charge in [-0.05, 0) is 38.8 Å². The van der Waals surface area contributed by atoms with Crippen molar-refractivity contribution < 1.29 is 18.7 Å². The minimum atomic E-state index is -0.743. The molecule has 0 atom stereocenters. The first kappa shape index (κ1) is 17.8. The highest BCUT2D eigenvalue weighted by Gasteiger charge is 2.22. The third kappa shape index (κ3) is 2.84. The summed E-state index contributed by atoms with van der Waals surface area (Å²) in [7, 11) is 0. The second kappa shape index (κ2) is 6.95. The number of hydrogen-bond acceptors (Lipinski definition) is 4. The summed E-state index contributed by atoms with van der Waals surface area (Å²) in [6, 6.07) is 1.04. The van der Waals surface area contributed by atoms with Crippen molar-refractivity contribution in [1.82, 2.24) is 4.57 Å². The Kier molecular flexibility index (Phi) is 5.17. The molecule has 1 aromatic heterocycles. The number of pyridine rings is 1. The highest BCUT2D eigenvalue weighted by molar-refractivity contribution is 6.02. The van der Waals surface area contributed by atoms with E-state index < -0.39 is 23.0 Å². The summed E-state index contributed by atoms with van der Waals surface area (Å²) in [5.74, 6) is -1.87. The number of carbonyl (C=O) groups excluding carboxylic acids is 2. The molecule has 1 heterocycles. The monoisotopic (exact) mass is 333 g/mol. The quantitative estimate of drug-likeness (QED) is 0.623. The maximum atomic E-state index is 14.4. The zero-order chi connectivity index (χ0) is 18.0. The van der Waals surface area contributed by atoms with E-state index in [0.29, 0.717) is 24.0 Å². The number of hydrogen-bond donors (Lipinski definition) is 0. The van der Waals surface area contributed by atoms with E-state index in [1.54, 1.807) is 18.4 Å². The molecule has 2 rings (SSSR count). The lowest BCUT2D eigenvalue weighted by molar-refractivity contribution is 0.0524. The van der Waals surface area contributed by atoms with Crippen LogP contribution in [0.1, 0.15) is 54.0 Å². The second-order valence-electron chi connectivity index (χ2n) is 5.40. The average molecular weight is 333 g/mol. The van der Waals surface area contributed by atoms with Crippen molar-refractivity contribution in [3.63, 3.8) is 0 Å². The van der Waals surface area contributed by atoms with Crippen LogP contribution in [0.3, 0.4) is 0 Å². The summed E-state index contributed by atoms with van der Waals surface area (Å²) in [6.07, 6.45) is 1.81. The Bertz CT molecular complexity index is 883. The van der Waals surface area contributed by atoms with Crippen LogP contribution in [0.15, 0.2) is 17.1 Å². The van der Waals surface area contributed by atoms with Crippen LogP contribution in [0.4, 0.5) is 4.39 Å². The van der Waals surface area contributed by atoms with E-state index in [9.17, 15) is 18.8 Å². The molecule has 0 radical (unpaired) electrons. The topological polar surface area (TPSA) is 65.4 Å². The molecular formula is C18H20FNO4. The van der Waals surface area contributed by atoms with Gasteiger partial charge in [0.15, 0.2) is 5.78 Å². The van der Waals surface area contributed by atoms with Crippen molar-refractivity contribution in [1.29, 1.82) is 0 Å². The molecule has 6 heteroatoms. The number of benzene rings is 1. The molecule has 0 aliphatic heterocycles. The van der Waals surface area contributed by atoms with Gasteiger partial charge in [-0.1, -0.05) is 6.92 Å². The van der Waals surface area contributed by atoms with Gasteiger partial charge in [0.05, 0.1) is 17.7 Å². The molecule has 2 aromatic rings. The average Bonchev–Trinajstić information content (AvgIpc) is 2.54. The van der Waals surface area contributed by atoms with Gasteiger partial charge in [-0.25, -0.2) is 9.18 Å². The summed E-state index contributed by atoms with van der Waals surface area (Å²) >= 11 is 0. The second-order valence-corrected chi connectivity index (χ2v) is 5.40. The fourth-order valence-electron chi connectivity index (χ4n) is 2.95. The molecule has 0 amide bonds. The lowest BCUT2D eigenvalue weighted by atomic mass is 9.96. The van der Waals surface area contributed by atoms with Crippen molar-refractivity contribution in [3.05, 3.63) is 45.0 Å². The fraction of sp³-hybridized carbons (Fsp3) is 0.389. The Morgan fingerprint density at radius 1 is 1.25 bits per heavy atom. The predicted molar refractivity (Wildman–Crippen MR) is 89.2 cm³/mol. The first-order valence-electron chi connectivity index (χ1n) is 7.93. The molecule has 0 saturated heterocycles. The third-order valence-electron chi connectivity index (χ3n) is 3.96. The van der Waals surface area contributed by atoms with Gasteiger partial charge in [-0.15, -0.1) is 0 Å². The first-order chi connectivity index (χ1) is 11.4. The molecule has 0 fully saturated rings. The van der Waals surface area contributed by atoms with Crippen LogP contribution < -0.4 is 5.43 Å². The smallest absolute Gasteiger partial charge is 0.343 e. The van der Waals surface area contributed by atoms with Gasteiger partial charge in [0.25, 0.3) is 0 Å². The van der Waals surface area contributed by atoms with Gasteiger partial charge in [0.1, 0.15) is 11.4 Å². The van der Waals surface area contributed by atoms with Crippen molar-refractivity contribution in [2.45, 2.75) is 40.7 Å². The zero-order valence-corrected chi connectivity index (χ0v) is 14.2. The molecule has 0 bridgehead atoms. The molecule has 0 spiro atoms. The number of esters is 1. The third-order valence-corrected chi connectivity index (χ3v) is 3.96. The minimum absolute atomic E-state index is 0.00418. The lowest BCUT2D eigenvalue weighted by Gasteiger charge is -2.17. The number of halogens is 1. The number of ketones is 1. The highest BCUT2D eigenvalue weighted by Crippen LogP contribution is 2.25. The Morgan fingerprint density at radius 2 is 1.92 bits per heavy atom. The number of Topliss-reactive ketones (excluding diaryl/α,β-unsaturated/α-hetero) is 1. The van der Waals surface area contributed by atoms with E-state index >= 15 is 0 Å². The number of nitrogens with zero attached hydrogens (tertiary/aromatic N) is 1. The maximum Gasteiger partial charge on any atom is 0.343 e. The van der Waals surface area contributed by atoms with Gasteiger partial charge in [-0.2, -0.15) is 0 Å². The standard InChI is InChI=1S/C18H20FNO4/c1-5-11-15(10(4)21)14(19)8-12-16(11)20(6-2)9-13(17(12)22)18(23)24-7-3/h8-9H,5-7H2,1-4H3. The summed E-state index contributed by atoms with van der Waals surface area (Å²) in [5, 5.41) is 0.0850. The van der Waals surface area contributed by atoms with Crippen LogP contribution in [0, 0.1) is 5.82 Å². The number of rotatable bonds is 5. The van der Waals surface area contributed by atoms with E-state index in [1.165, 1.54) is 13.1 Å². The van der Waals surface area contributed by atoms with Gasteiger partial charge in [0.2, 0.25) is 5.43 Å². The first-order valence-corrected chi connectivity index (χ1v) is 7.93. The molecule has 128 valence electrons. The van der Waals surface area contributed by atoms with Crippen LogP contribution in [0.2, 0.25) is 0 Å². The van der Waals surface area contributed by atoms with Crippen LogP contribution in [0.5, 0.6) is 0 Å². The van der Waals surface area contributed by atoms with Crippen LogP contribution in [-0.2, 0) is 17.7 Å². The van der Waals surface area contributed by atoms with Crippen molar-refractivity contribution in [3.8, 4) is 0 Å². The van der Waals surface area contributed by atoms with E-state index in [1.807, 2.05) is 6.92 Å². The van der Waals surface area contributed by atoms with Crippen molar-refractivity contribution in [2.24, 2.45) is 0 Å². The number of fused-ring (bicyclic) bond motifs is 1. The Hall–Kier alpha value is -2.50. The van der Waals surface area contributed by atoms with Gasteiger partial charge >= 0.3 is 5.97 Å². The zero-order valence-electron chi connectivity index (χ0n) is 14.2. The van der Waals surface area contributed by atoms with Gasteiger partial charge in [-0.3, -0.25) is 9.59 Å². The molecule has 0 aliphatic carbocycles. The summed E-state index contributed by atoms with van der Waals surface area (Å²) in [6.45, 7) is 7.18. The molecule has 0 saturated carbocycles. The molecule has 1 aromatic carbocycles.